The Morgan fingerprint density at radius 1 is 1.22 bits per heavy atom. The van der Waals surface area contributed by atoms with Crippen molar-refractivity contribution in [2.45, 2.75) is 37.4 Å². The molecule has 1 rings (SSSR count). The Bertz CT molecular complexity index is 95.1. The lowest BCUT2D eigenvalue weighted by molar-refractivity contribution is 0.517. The summed E-state index contributed by atoms with van der Waals surface area (Å²) < 4.78 is 0. The minimum absolute atomic E-state index is 0.767. The molecule has 0 aliphatic heterocycles. The van der Waals surface area contributed by atoms with Gasteiger partial charge in [-0.1, -0.05) is 19.3 Å². The summed E-state index contributed by atoms with van der Waals surface area (Å²) in [5.74, 6) is 0. The van der Waals surface area contributed by atoms with Crippen molar-refractivity contribution >= 4 is 16.9 Å². The summed E-state index contributed by atoms with van der Waals surface area (Å²) in [5, 5.41) is 9.25. The summed E-state index contributed by atoms with van der Waals surface area (Å²) in [4.78, 5) is 0. The quantitative estimate of drug-likeness (QED) is 0.429. The van der Waals surface area contributed by atoms with Crippen LogP contribution in [0.3, 0.4) is 0 Å². The van der Waals surface area contributed by atoms with Crippen LogP contribution in [0, 0.1) is 0 Å². The summed E-state index contributed by atoms with van der Waals surface area (Å²) in [6.45, 7) is 0. The fourth-order valence-corrected chi connectivity index (χ4v) is 2.18. The third-order valence-electron chi connectivity index (χ3n) is 1.85. The maximum Gasteiger partial charge on any atom is 0.0563 e. The van der Waals surface area contributed by atoms with Gasteiger partial charge in [0.2, 0.25) is 0 Å². The minimum atomic E-state index is 0.767. The molecule has 54 valence electrons. The van der Waals surface area contributed by atoms with Gasteiger partial charge in [0, 0.05) is 0 Å². The highest BCUT2D eigenvalue weighted by Gasteiger charge is 2.08. The average Bonchev–Trinajstić information content (AvgIpc) is 1.91. The van der Waals surface area contributed by atoms with Crippen LogP contribution in [0.4, 0.5) is 0 Å². The summed E-state index contributed by atoms with van der Waals surface area (Å²) >= 11 is 1.14. The molecule has 2 heteroatoms. The molecule has 1 fully saturated rings. The fraction of sp³-hybridized carbons (Fsp3) is 0.857. The van der Waals surface area contributed by atoms with E-state index in [-0.39, 0.29) is 0 Å². The Morgan fingerprint density at radius 3 is 2.44 bits per heavy atom. The molecule has 0 aromatic carbocycles. The number of thiol groups is 1. The molecule has 1 nitrogen and oxygen atoms in total. The van der Waals surface area contributed by atoms with E-state index >= 15 is 0 Å². The molecule has 0 unspecified atom stereocenters. The number of aliphatic hydroxyl groups is 1. The molecule has 0 bridgehead atoms. The van der Waals surface area contributed by atoms with Crippen LogP contribution in [-0.4, -0.2) is 15.9 Å². The predicted molar refractivity (Wildman–Crippen MR) is 44.6 cm³/mol. The largest absolute Gasteiger partial charge is 0.363 e. The first-order valence-corrected chi connectivity index (χ1v) is 4.62. The standard InChI is InChI=1S/C7H14OS/c8-6-9-7-4-2-1-3-5-7/h6-9H,1-5H2. The first-order valence-electron chi connectivity index (χ1n) is 3.59. The van der Waals surface area contributed by atoms with Crippen LogP contribution >= 0.6 is 11.4 Å². The van der Waals surface area contributed by atoms with Gasteiger partial charge in [0.25, 0.3) is 0 Å². The second-order valence-electron chi connectivity index (χ2n) is 2.56. The Balaban J connectivity index is 2.23. The maximum atomic E-state index is 8.48. The van der Waals surface area contributed by atoms with Crippen molar-refractivity contribution in [2.75, 3.05) is 0 Å². The summed E-state index contributed by atoms with van der Waals surface area (Å²) in [7, 11) is 0. The zero-order chi connectivity index (χ0) is 6.53. The van der Waals surface area contributed by atoms with Crippen molar-refractivity contribution in [3.8, 4) is 0 Å². The molecule has 0 atom stereocenters. The number of hydrogen-bond donors (Lipinski definition) is 2. The van der Waals surface area contributed by atoms with Crippen molar-refractivity contribution in [1.29, 1.82) is 0 Å². The van der Waals surface area contributed by atoms with Crippen molar-refractivity contribution in [3.05, 3.63) is 0 Å². The van der Waals surface area contributed by atoms with Crippen molar-refractivity contribution in [3.63, 3.8) is 0 Å². The van der Waals surface area contributed by atoms with E-state index < -0.39 is 0 Å². The highest BCUT2D eigenvalue weighted by molar-refractivity contribution is 7.97. The van der Waals surface area contributed by atoms with Gasteiger partial charge >= 0.3 is 0 Å². The van der Waals surface area contributed by atoms with Crippen molar-refractivity contribution < 1.29 is 5.11 Å². The van der Waals surface area contributed by atoms with Crippen LogP contribution in [0.2, 0.25) is 0 Å². The van der Waals surface area contributed by atoms with E-state index in [0.29, 0.717) is 0 Å². The molecular weight excluding hydrogens is 132 g/mol. The molecule has 0 heterocycles. The lowest BCUT2D eigenvalue weighted by Crippen LogP contribution is -2.05. The van der Waals surface area contributed by atoms with Gasteiger partial charge in [-0.15, -0.1) is 0 Å². The Morgan fingerprint density at radius 2 is 1.89 bits per heavy atom. The molecule has 0 spiro atoms. The number of rotatable bonds is 1. The van der Waals surface area contributed by atoms with E-state index in [0.717, 1.165) is 16.6 Å². The van der Waals surface area contributed by atoms with Gasteiger partial charge in [-0.25, -0.2) is 0 Å². The van der Waals surface area contributed by atoms with Gasteiger partial charge in [-0.05, 0) is 18.1 Å². The molecule has 1 aliphatic carbocycles. The van der Waals surface area contributed by atoms with Crippen LogP contribution < -0.4 is 0 Å². The molecule has 9 heavy (non-hydrogen) atoms. The van der Waals surface area contributed by atoms with Crippen LogP contribution in [-0.2, 0) is 0 Å². The maximum absolute atomic E-state index is 8.48. The highest BCUT2D eigenvalue weighted by Crippen LogP contribution is 2.23. The normalized spacial score (nSPS) is 24.1. The molecule has 0 amide bonds. The van der Waals surface area contributed by atoms with E-state index in [2.05, 4.69) is 0 Å². The van der Waals surface area contributed by atoms with Crippen LogP contribution in [0.15, 0.2) is 0 Å². The van der Waals surface area contributed by atoms with Gasteiger partial charge in [0.05, 0.1) is 5.55 Å². The zero-order valence-corrected chi connectivity index (χ0v) is 6.48. The smallest absolute Gasteiger partial charge is 0.0563 e. The van der Waals surface area contributed by atoms with Crippen LogP contribution in [0.25, 0.3) is 0 Å². The van der Waals surface area contributed by atoms with Crippen LogP contribution in [0.5, 0.6) is 0 Å². The molecule has 0 aromatic heterocycles. The first-order chi connectivity index (χ1) is 4.43. The van der Waals surface area contributed by atoms with E-state index in [1.807, 2.05) is 0 Å². The number of aliphatic hydroxyl groups excluding tert-OH is 1. The van der Waals surface area contributed by atoms with Gasteiger partial charge in [0.15, 0.2) is 0 Å². The summed E-state index contributed by atoms with van der Waals surface area (Å²) in [6, 6.07) is 0. The molecule has 1 aliphatic rings. The fourth-order valence-electron chi connectivity index (χ4n) is 1.32. The average molecular weight is 146 g/mol. The molecule has 0 saturated heterocycles. The topological polar surface area (TPSA) is 20.2 Å². The second kappa shape index (κ2) is 4.07. The monoisotopic (exact) mass is 146 g/mol. The molecule has 0 aromatic rings. The zero-order valence-electron chi connectivity index (χ0n) is 5.58. The van der Waals surface area contributed by atoms with Crippen LogP contribution in [0.1, 0.15) is 32.1 Å². The van der Waals surface area contributed by atoms with Gasteiger partial charge in [-0.3, -0.25) is 0 Å². The number of hydrogen-bond acceptors (Lipinski definition) is 0. The Hall–Kier alpha value is 0.180. The Kier molecular flexibility index (Phi) is 3.30. The minimum Gasteiger partial charge on any atom is -0.363 e. The van der Waals surface area contributed by atoms with E-state index in [9.17, 15) is 0 Å². The van der Waals surface area contributed by atoms with E-state index in [1.165, 1.54) is 37.7 Å². The van der Waals surface area contributed by atoms with Gasteiger partial charge < -0.3 is 5.11 Å². The SMILES string of the molecule is OC=[SH]C1CCCCC1. The third-order valence-corrected chi connectivity index (χ3v) is 2.92. The summed E-state index contributed by atoms with van der Waals surface area (Å²) in [6.07, 6.45) is 6.77. The Labute approximate surface area is 60.0 Å². The highest BCUT2D eigenvalue weighted by atomic mass is 32.1. The molecule has 0 radical (unpaired) electrons. The van der Waals surface area contributed by atoms with Crippen molar-refractivity contribution in [1.82, 2.24) is 0 Å². The van der Waals surface area contributed by atoms with Gasteiger partial charge in [0.1, 0.15) is 0 Å². The summed E-state index contributed by atoms with van der Waals surface area (Å²) in [5.41, 5.74) is 1.29. The first kappa shape index (κ1) is 7.29. The van der Waals surface area contributed by atoms with Gasteiger partial charge in [-0.2, -0.15) is 11.4 Å². The van der Waals surface area contributed by atoms with E-state index in [1.54, 1.807) is 0 Å². The molecule has 1 N–H and O–H groups in total. The second-order valence-corrected chi connectivity index (χ2v) is 3.82. The predicted octanol–water partition coefficient (Wildman–Crippen LogP) is 2.10. The van der Waals surface area contributed by atoms with Crippen molar-refractivity contribution in [2.24, 2.45) is 0 Å². The third kappa shape index (κ3) is 2.50. The molecular formula is C7H14OS. The lowest BCUT2D eigenvalue weighted by atomic mass is 10.0. The molecule has 1 saturated carbocycles. The lowest BCUT2D eigenvalue weighted by Gasteiger charge is -2.17. The van der Waals surface area contributed by atoms with E-state index in [4.69, 9.17) is 5.11 Å².